The molecular formula is C18H23F3N2O4. The van der Waals surface area contributed by atoms with Gasteiger partial charge in [0.25, 0.3) is 0 Å². The molecule has 0 spiro atoms. The summed E-state index contributed by atoms with van der Waals surface area (Å²) in [5.74, 6) is -4.51. The second kappa shape index (κ2) is 8.96. The molecule has 1 fully saturated rings. The fourth-order valence-electron chi connectivity index (χ4n) is 2.99. The number of alkyl halides is 3. The Morgan fingerprint density at radius 2 is 2.07 bits per heavy atom. The molecule has 1 saturated heterocycles. The third-order valence-corrected chi connectivity index (χ3v) is 4.41. The van der Waals surface area contributed by atoms with Crippen molar-refractivity contribution in [1.29, 1.82) is 0 Å². The minimum Gasteiger partial charge on any atom is -0.494 e. The SMILES string of the molecule is CCCOc1cccc(CCNC(=O)N2C[C@@H](C(F)(F)F)[C@H](C(=O)O)C2)c1. The third kappa shape index (κ3) is 5.77. The number of carboxylic acid groups (broad SMARTS) is 1. The van der Waals surface area contributed by atoms with Gasteiger partial charge in [-0.05, 0) is 30.5 Å². The second-order valence-electron chi connectivity index (χ2n) is 6.48. The van der Waals surface area contributed by atoms with Gasteiger partial charge < -0.3 is 20.1 Å². The molecule has 2 atom stereocenters. The lowest BCUT2D eigenvalue weighted by Crippen LogP contribution is -2.40. The highest BCUT2D eigenvalue weighted by molar-refractivity contribution is 5.77. The molecule has 0 aliphatic carbocycles. The quantitative estimate of drug-likeness (QED) is 0.753. The van der Waals surface area contributed by atoms with Crippen molar-refractivity contribution in [2.24, 2.45) is 11.8 Å². The molecule has 1 aromatic carbocycles. The lowest BCUT2D eigenvalue weighted by atomic mass is 9.96. The first-order valence-corrected chi connectivity index (χ1v) is 8.76. The summed E-state index contributed by atoms with van der Waals surface area (Å²) < 4.78 is 44.4. The number of amides is 2. The normalized spacial score (nSPS) is 19.8. The molecule has 1 aliphatic rings. The minimum absolute atomic E-state index is 0.223. The Bertz CT molecular complexity index is 666. The van der Waals surface area contributed by atoms with Gasteiger partial charge in [0.05, 0.1) is 18.4 Å². The number of carbonyl (C=O) groups excluding carboxylic acids is 1. The fraction of sp³-hybridized carbons (Fsp3) is 0.556. The summed E-state index contributed by atoms with van der Waals surface area (Å²) in [5, 5.41) is 11.5. The van der Waals surface area contributed by atoms with Crippen molar-refractivity contribution in [2.75, 3.05) is 26.2 Å². The highest BCUT2D eigenvalue weighted by Crippen LogP contribution is 2.37. The van der Waals surface area contributed by atoms with E-state index in [1.165, 1.54) is 0 Å². The summed E-state index contributed by atoms with van der Waals surface area (Å²) in [4.78, 5) is 24.1. The van der Waals surface area contributed by atoms with Gasteiger partial charge in [0.1, 0.15) is 5.75 Å². The van der Waals surface area contributed by atoms with Crippen LogP contribution in [0.2, 0.25) is 0 Å². The number of ether oxygens (including phenoxy) is 1. The molecule has 6 nitrogen and oxygen atoms in total. The summed E-state index contributed by atoms with van der Waals surface area (Å²) in [6.45, 7) is 1.72. The van der Waals surface area contributed by atoms with Crippen LogP contribution < -0.4 is 10.1 Å². The van der Waals surface area contributed by atoms with Gasteiger partial charge in [0, 0.05) is 19.6 Å². The highest BCUT2D eigenvalue weighted by atomic mass is 19.4. The van der Waals surface area contributed by atoms with Gasteiger partial charge in [-0.2, -0.15) is 13.2 Å². The predicted octanol–water partition coefficient (Wildman–Crippen LogP) is 2.92. The number of hydrogen-bond donors (Lipinski definition) is 2. The van der Waals surface area contributed by atoms with Gasteiger partial charge in [-0.25, -0.2) is 4.79 Å². The summed E-state index contributed by atoms with van der Waals surface area (Å²) in [6.07, 6.45) is -3.29. The zero-order chi connectivity index (χ0) is 20.0. The van der Waals surface area contributed by atoms with E-state index in [0.29, 0.717) is 13.0 Å². The number of carbonyl (C=O) groups is 2. The lowest BCUT2D eigenvalue weighted by Gasteiger charge is -2.18. The third-order valence-electron chi connectivity index (χ3n) is 4.41. The molecule has 1 heterocycles. The molecule has 2 rings (SSSR count). The van der Waals surface area contributed by atoms with E-state index in [0.717, 1.165) is 22.6 Å². The fourth-order valence-corrected chi connectivity index (χ4v) is 2.99. The van der Waals surface area contributed by atoms with Gasteiger partial charge in [-0.3, -0.25) is 4.79 Å². The maximum absolute atomic E-state index is 13.0. The van der Waals surface area contributed by atoms with Gasteiger partial charge in [0.15, 0.2) is 0 Å². The maximum Gasteiger partial charge on any atom is 0.394 e. The number of benzene rings is 1. The average Bonchev–Trinajstić information content (AvgIpc) is 3.06. The number of carboxylic acids is 1. The van der Waals surface area contributed by atoms with Crippen LogP contribution in [0.15, 0.2) is 24.3 Å². The molecule has 1 aliphatic heterocycles. The van der Waals surface area contributed by atoms with E-state index < -0.39 is 43.1 Å². The van der Waals surface area contributed by atoms with Crippen LogP contribution >= 0.6 is 0 Å². The molecule has 0 bridgehead atoms. The van der Waals surface area contributed by atoms with E-state index in [1.54, 1.807) is 0 Å². The van der Waals surface area contributed by atoms with Gasteiger partial charge in [-0.1, -0.05) is 19.1 Å². The number of rotatable bonds is 7. The first-order chi connectivity index (χ1) is 12.7. The first kappa shape index (κ1) is 20.9. The first-order valence-electron chi connectivity index (χ1n) is 8.76. The van der Waals surface area contributed by atoms with Crippen molar-refractivity contribution in [3.8, 4) is 5.75 Å². The molecule has 1 aromatic rings. The van der Waals surface area contributed by atoms with E-state index in [1.807, 2.05) is 31.2 Å². The summed E-state index contributed by atoms with van der Waals surface area (Å²) >= 11 is 0. The van der Waals surface area contributed by atoms with Crippen LogP contribution in [0.1, 0.15) is 18.9 Å². The second-order valence-corrected chi connectivity index (χ2v) is 6.48. The minimum atomic E-state index is -4.66. The molecule has 27 heavy (non-hydrogen) atoms. The van der Waals surface area contributed by atoms with E-state index in [9.17, 15) is 22.8 Å². The van der Waals surface area contributed by atoms with Crippen molar-refractivity contribution >= 4 is 12.0 Å². The number of hydrogen-bond acceptors (Lipinski definition) is 3. The molecule has 0 saturated carbocycles. The molecule has 0 unspecified atom stereocenters. The van der Waals surface area contributed by atoms with Crippen molar-refractivity contribution in [3.05, 3.63) is 29.8 Å². The lowest BCUT2D eigenvalue weighted by molar-refractivity contribution is -0.187. The summed E-state index contributed by atoms with van der Waals surface area (Å²) in [6, 6.07) is 6.67. The average molecular weight is 388 g/mol. The Labute approximate surface area is 155 Å². The van der Waals surface area contributed by atoms with Crippen molar-refractivity contribution in [3.63, 3.8) is 0 Å². The zero-order valence-corrected chi connectivity index (χ0v) is 15.0. The highest BCUT2D eigenvalue weighted by Gasteiger charge is 2.53. The Kier molecular flexibility index (Phi) is 6.92. The van der Waals surface area contributed by atoms with Crippen LogP contribution in [0.25, 0.3) is 0 Å². The summed E-state index contributed by atoms with van der Waals surface area (Å²) in [5.41, 5.74) is 0.918. The van der Waals surface area contributed by atoms with Gasteiger partial charge in [0.2, 0.25) is 0 Å². The zero-order valence-electron chi connectivity index (χ0n) is 15.0. The van der Waals surface area contributed by atoms with E-state index >= 15 is 0 Å². The number of nitrogens with zero attached hydrogens (tertiary/aromatic N) is 1. The van der Waals surface area contributed by atoms with Crippen LogP contribution in [0.4, 0.5) is 18.0 Å². The Balaban J connectivity index is 1.86. The van der Waals surface area contributed by atoms with Crippen LogP contribution in [-0.2, 0) is 11.2 Å². The van der Waals surface area contributed by atoms with Crippen LogP contribution in [0.3, 0.4) is 0 Å². The largest absolute Gasteiger partial charge is 0.494 e. The molecule has 9 heteroatoms. The van der Waals surface area contributed by atoms with Crippen molar-refractivity contribution in [1.82, 2.24) is 10.2 Å². The molecule has 2 amide bonds. The number of likely N-dealkylation sites (tertiary alicyclic amines) is 1. The standard InChI is InChI=1S/C18H23F3N2O4/c1-2-8-27-13-5-3-4-12(9-13)6-7-22-17(26)23-10-14(16(24)25)15(11-23)18(19,20)21/h3-5,9,14-15H,2,6-8,10-11H2,1H3,(H,22,26)(H,24,25)/t14-,15-/m1/s1. The van der Waals surface area contributed by atoms with E-state index in [2.05, 4.69) is 5.32 Å². The predicted molar refractivity (Wildman–Crippen MR) is 91.6 cm³/mol. The number of urea groups is 1. The number of aliphatic carboxylic acids is 1. The Morgan fingerprint density at radius 3 is 2.67 bits per heavy atom. The molecule has 0 radical (unpaired) electrons. The van der Waals surface area contributed by atoms with Crippen LogP contribution in [0.5, 0.6) is 5.75 Å². The summed E-state index contributed by atoms with van der Waals surface area (Å²) in [7, 11) is 0. The smallest absolute Gasteiger partial charge is 0.394 e. The van der Waals surface area contributed by atoms with Crippen molar-refractivity contribution in [2.45, 2.75) is 25.9 Å². The van der Waals surface area contributed by atoms with Crippen LogP contribution in [-0.4, -0.2) is 54.4 Å². The molecular weight excluding hydrogens is 365 g/mol. The topological polar surface area (TPSA) is 78.9 Å². The number of halogens is 3. The van der Waals surface area contributed by atoms with Gasteiger partial charge >= 0.3 is 18.2 Å². The van der Waals surface area contributed by atoms with Crippen LogP contribution in [0, 0.1) is 11.8 Å². The maximum atomic E-state index is 13.0. The molecule has 0 aromatic heterocycles. The Hall–Kier alpha value is -2.45. The van der Waals surface area contributed by atoms with E-state index in [4.69, 9.17) is 9.84 Å². The number of nitrogens with one attached hydrogen (secondary N) is 1. The Morgan fingerprint density at radius 1 is 1.33 bits per heavy atom. The molecule has 2 N–H and O–H groups in total. The van der Waals surface area contributed by atoms with E-state index in [-0.39, 0.29) is 6.54 Å². The monoisotopic (exact) mass is 388 g/mol. The van der Waals surface area contributed by atoms with Gasteiger partial charge in [-0.15, -0.1) is 0 Å². The van der Waals surface area contributed by atoms with Crippen molar-refractivity contribution < 1.29 is 32.6 Å². The molecule has 150 valence electrons.